The minimum Gasteiger partial charge on any atom is -0.492 e. The maximum atomic E-state index is 9.19. The number of methoxy groups -OCH3 is 1. The lowest BCUT2D eigenvalue weighted by Crippen LogP contribution is -2.02. The summed E-state index contributed by atoms with van der Waals surface area (Å²) in [6.07, 6.45) is 1.80. The van der Waals surface area contributed by atoms with Crippen LogP contribution in [0.15, 0.2) is 12.1 Å². The predicted molar refractivity (Wildman–Crippen MR) is 69.0 cm³/mol. The van der Waals surface area contributed by atoms with Crippen LogP contribution in [-0.2, 0) is 11.3 Å². The molecule has 17 heavy (non-hydrogen) atoms. The first-order valence-corrected chi connectivity index (χ1v) is 6.15. The van der Waals surface area contributed by atoms with Gasteiger partial charge in [-0.15, -0.1) is 0 Å². The molecule has 96 valence electrons. The zero-order chi connectivity index (χ0) is 12.7. The highest BCUT2D eigenvalue weighted by molar-refractivity contribution is 6.35. The monoisotopic (exact) mass is 278 g/mol. The van der Waals surface area contributed by atoms with Crippen molar-refractivity contribution in [2.45, 2.75) is 19.4 Å². The van der Waals surface area contributed by atoms with Gasteiger partial charge in [-0.3, -0.25) is 0 Å². The fourth-order valence-corrected chi connectivity index (χ4v) is 2.01. The van der Waals surface area contributed by atoms with Gasteiger partial charge >= 0.3 is 0 Å². The molecule has 0 spiro atoms. The second-order valence-electron chi connectivity index (χ2n) is 3.58. The Morgan fingerprint density at radius 3 is 2.53 bits per heavy atom. The van der Waals surface area contributed by atoms with Gasteiger partial charge in [0.2, 0.25) is 0 Å². The number of hydrogen-bond donors (Lipinski definition) is 1. The minimum atomic E-state index is -0.145. The average Bonchev–Trinajstić information content (AvgIpc) is 2.30. The molecule has 0 radical (unpaired) electrons. The molecule has 0 bridgehead atoms. The SMILES string of the molecule is COCCCCOc1c(Cl)cc(Cl)cc1CO. The lowest BCUT2D eigenvalue weighted by molar-refractivity contribution is 0.183. The van der Waals surface area contributed by atoms with Crippen LogP contribution in [0.2, 0.25) is 10.0 Å². The van der Waals surface area contributed by atoms with Gasteiger partial charge in [-0.05, 0) is 25.0 Å². The number of halogens is 2. The van der Waals surface area contributed by atoms with Crippen LogP contribution in [0.25, 0.3) is 0 Å². The number of benzene rings is 1. The van der Waals surface area contributed by atoms with E-state index in [0.29, 0.717) is 34.6 Å². The summed E-state index contributed by atoms with van der Waals surface area (Å²) in [6, 6.07) is 3.25. The van der Waals surface area contributed by atoms with Crippen LogP contribution >= 0.6 is 23.2 Å². The van der Waals surface area contributed by atoms with E-state index >= 15 is 0 Å². The maximum Gasteiger partial charge on any atom is 0.143 e. The number of rotatable bonds is 7. The summed E-state index contributed by atoms with van der Waals surface area (Å²) in [5.74, 6) is 0.510. The summed E-state index contributed by atoms with van der Waals surface area (Å²) in [5, 5.41) is 10.1. The smallest absolute Gasteiger partial charge is 0.143 e. The Morgan fingerprint density at radius 2 is 1.88 bits per heavy atom. The fourth-order valence-electron chi connectivity index (χ4n) is 1.42. The molecule has 0 unspecified atom stereocenters. The number of ether oxygens (including phenoxy) is 2. The lowest BCUT2D eigenvalue weighted by atomic mass is 10.2. The number of aliphatic hydroxyl groups is 1. The number of unbranched alkanes of at least 4 members (excludes halogenated alkanes) is 1. The lowest BCUT2D eigenvalue weighted by Gasteiger charge is -2.12. The molecule has 0 aromatic heterocycles. The van der Waals surface area contributed by atoms with Crippen molar-refractivity contribution in [3.05, 3.63) is 27.7 Å². The first-order chi connectivity index (χ1) is 8.19. The second kappa shape index (κ2) is 7.77. The zero-order valence-electron chi connectivity index (χ0n) is 9.71. The van der Waals surface area contributed by atoms with Crippen LogP contribution in [0.5, 0.6) is 5.75 Å². The molecule has 0 aliphatic carbocycles. The van der Waals surface area contributed by atoms with Crippen molar-refractivity contribution >= 4 is 23.2 Å². The Morgan fingerprint density at radius 1 is 1.18 bits per heavy atom. The van der Waals surface area contributed by atoms with Crippen LogP contribution in [0, 0.1) is 0 Å². The molecule has 0 saturated carbocycles. The highest BCUT2D eigenvalue weighted by atomic mass is 35.5. The van der Waals surface area contributed by atoms with Gasteiger partial charge < -0.3 is 14.6 Å². The van der Waals surface area contributed by atoms with Crippen molar-refractivity contribution in [2.75, 3.05) is 20.3 Å². The Labute approximate surface area is 111 Å². The van der Waals surface area contributed by atoms with Gasteiger partial charge in [0, 0.05) is 24.3 Å². The summed E-state index contributed by atoms with van der Waals surface area (Å²) >= 11 is 11.8. The molecular formula is C12H16Cl2O3. The predicted octanol–water partition coefficient (Wildman–Crippen LogP) is 3.29. The fraction of sp³-hybridized carbons (Fsp3) is 0.500. The van der Waals surface area contributed by atoms with Crippen LogP contribution in [-0.4, -0.2) is 25.4 Å². The first kappa shape index (κ1) is 14.6. The second-order valence-corrected chi connectivity index (χ2v) is 4.43. The van der Waals surface area contributed by atoms with Crippen molar-refractivity contribution < 1.29 is 14.6 Å². The molecule has 1 aromatic rings. The molecule has 0 aliphatic rings. The molecular weight excluding hydrogens is 263 g/mol. The normalized spacial score (nSPS) is 10.6. The highest BCUT2D eigenvalue weighted by Crippen LogP contribution is 2.32. The van der Waals surface area contributed by atoms with E-state index in [0.717, 1.165) is 12.8 Å². The largest absolute Gasteiger partial charge is 0.492 e. The van der Waals surface area contributed by atoms with Crippen molar-refractivity contribution in [1.29, 1.82) is 0 Å². The molecule has 0 amide bonds. The van der Waals surface area contributed by atoms with Crippen LogP contribution in [0.3, 0.4) is 0 Å². The van der Waals surface area contributed by atoms with Gasteiger partial charge in [-0.1, -0.05) is 23.2 Å². The average molecular weight is 279 g/mol. The van der Waals surface area contributed by atoms with E-state index in [1.807, 2.05) is 0 Å². The molecule has 1 rings (SSSR count). The van der Waals surface area contributed by atoms with Crippen molar-refractivity contribution in [3.63, 3.8) is 0 Å². The summed E-state index contributed by atoms with van der Waals surface area (Å²) in [7, 11) is 1.67. The van der Waals surface area contributed by atoms with Crippen LogP contribution in [0.4, 0.5) is 0 Å². The number of hydrogen-bond acceptors (Lipinski definition) is 3. The van der Waals surface area contributed by atoms with Crippen molar-refractivity contribution in [3.8, 4) is 5.75 Å². The Balaban J connectivity index is 2.57. The first-order valence-electron chi connectivity index (χ1n) is 5.39. The van der Waals surface area contributed by atoms with E-state index < -0.39 is 0 Å². The van der Waals surface area contributed by atoms with Crippen molar-refractivity contribution in [2.24, 2.45) is 0 Å². The van der Waals surface area contributed by atoms with Crippen LogP contribution in [0.1, 0.15) is 18.4 Å². The number of aliphatic hydroxyl groups excluding tert-OH is 1. The molecule has 1 N–H and O–H groups in total. The van der Waals surface area contributed by atoms with E-state index in [-0.39, 0.29) is 6.61 Å². The third-order valence-electron chi connectivity index (χ3n) is 2.24. The third kappa shape index (κ3) is 4.72. The summed E-state index contributed by atoms with van der Waals surface area (Å²) in [4.78, 5) is 0. The third-order valence-corrected chi connectivity index (χ3v) is 2.74. The summed E-state index contributed by atoms with van der Waals surface area (Å²) < 4.78 is 10.5. The molecule has 0 atom stereocenters. The van der Waals surface area contributed by atoms with E-state index in [1.54, 1.807) is 19.2 Å². The van der Waals surface area contributed by atoms with Gasteiger partial charge in [0.25, 0.3) is 0 Å². The molecule has 1 aromatic carbocycles. The van der Waals surface area contributed by atoms with Crippen molar-refractivity contribution in [1.82, 2.24) is 0 Å². The van der Waals surface area contributed by atoms with Crippen LogP contribution < -0.4 is 4.74 Å². The highest BCUT2D eigenvalue weighted by Gasteiger charge is 2.09. The van der Waals surface area contributed by atoms with Gasteiger partial charge in [0.05, 0.1) is 18.2 Å². The van der Waals surface area contributed by atoms with E-state index in [4.69, 9.17) is 32.7 Å². The Kier molecular flexibility index (Phi) is 6.66. The van der Waals surface area contributed by atoms with Gasteiger partial charge in [0.15, 0.2) is 0 Å². The molecule has 0 fully saturated rings. The Hall–Kier alpha value is -0.480. The molecule has 3 nitrogen and oxygen atoms in total. The molecule has 5 heteroatoms. The minimum absolute atomic E-state index is 0.145. The van der Waals surface area contributed by atoms with Gasteiger partial charge in [0.1, 0.15) is 5.75 Å². The maximum absolute atomic E-state index is 9.19. The van der Waals surface area contributed by atoms with E-state index in [1.165, 1.54) is 0 Å². The van der Waals surface area contributed by atoms with Gasteiger partial charge in [-0.2, -0.15) is 0 Å². The Bertz CT molecular complexity index is 356. The summed E-state index contributed by atoms with van der Waals surface area (Å²) in [5.41, 5.74) is 0.606. The molecule has 0 aliphatic heterocycles. The summed E-state index contributed by atoms with van der Waals surface area (Å²) in [6.45, 7) is 1.11. The quantitative estimate of drug-likeness (QED) is 0.778. The van der Waals surface area contributed by atoms with Gasteiger partial charge in [-0.25, -0.2) is 0 Å². The topological polar surface area (TPSA) is 38.7 Å². The zero-order valence-corrected chi connectivity index (χ0v) is 11.2. The molecule has 0 saturated heterocycles. The molecule has 0 heterocycles. The standard InChI is InChI=1S/C12H16Cl2O3/c1-16-4-2-3-5-17-12-9(8-15)6-10(13)7-11(12)14/h6-7,15H,2-5,8H2,1H3. The van der Waals surface area contributed by atoms with E-state index in [2.05, 4.69) is 0 Å². The van der Waals surface area contributed by atoms with E-state index in [9.17, 15) is 5.11 Å².